The van der Waals surface area contributed by atoms with Crippen LogP contribution in [0.1, 0.15) is 76.8 Å². The average molecular weight is 472 g/mol. The van der Waals surface area contributed by atoms with Gasteiger partial charge in [0.1, 0.15) is 6.10 Å². The van der Waals surface area contributed by atoms with Crippen LogP contribution in [0.4, 0.5) is 0 Å². The largest absolute Gasteiger partial charge is 0.455 e. The van der Waals surface area contributed by atoms with Crippen molar-refractivity contribution in [2.75, 3.05) is 19.9 Å². The van der Waals surface area contributed by atoms with E-state index in [1.54, 1.807) is 13.8 Å². The molecule has 1 fully saturated rings. The fourth-order valence-electron chi connectivity index (χ4n) is 6.41. The van der Waals surface area contributed by atoms with Crippen molar-refractivity contribution in [2.24, 2.45) is 0 Å². The van der Waals surface area contributed by atoms with Crippen molar-refractivity contribution in [3.63, 3.8) is 0 Å². The van der Waals surface area contributed by atoms with Gasteiger partial charge in [0.15, 0.2) is 17.1 Å². The highest BCUT2D eigenvalue weighted by atomic mass is 16.7. The van der Waals surface area contributed by atoms with E-state index in [1.165, 1.54) is 12.5 Å². The Kier molecular flexibility index (Phi) is 5.73. The summed E-state index contributed by atoms with van der Waals surface area (Å²) < 4.78 is 17.5. The number of hydrogen-bond acceptors (Lipinski definition) is 7. The lowest BCUT2D eigenvalue weighted by Gasteiger charge is -2.40. The molecule has 4 aliphatic rings. The zero-order valence-corrected chi connectivity index (χ0v) is 20.7. The van der Waals surface area contributed by atoms with Gasteiger partial charge in [-0.25, -0.2) is 4.79 Å². The SMILES string of the molecule is CC1=CC23CCCN2CCc2cc4c(cc2[C@@H]3C1OC(=O)C(C)(O)CCCC(C)(C)O)OCO4. The Labute approximate surface area is 201 Å². The van der Waals surface area contributed by atoms with Crippen LogP contribution in [0.3, 0.4) is 0 Å². The lowest BCUT2D eigenvalue weighted by atomic mass is 9.77. The Morgan fingerprint density at radius 2 is 1.91 bits per heavy atom. The summed E-state index contributed by atoms with van der Waals surface area (Å²) in [7, 11) is 0. The highest BCUT2D eigenvalue weighted by Crippen LogP contribution is 2.55. The summed E-state index contributed by atoms with van der Waals surface area (Å²) in [4.78, 5) is 15.8. The van der Waals surface area contributed by atoms with Gasteiger partial charge in [-0.2, -0.15) is 0 Å². The quantitative estimate of drug-likeness (QED) is 0.485. The number of rotatable bonds is 6. The molecular formula is C27H37NO6. The Hall–Kier alpha value is -2.09. The molecule has 34 heavy (non-hydrogen) atoms. The third-order valence-corrected chi connectivity index (χ3v) is 8.11. The molecule has 0 radical (unpaired) electrons. The molecule has 3 heterocycles. The van der Waals surface area contributed by atoms with Crippen LogP contribution in [0.5, 0.6) is 11.5 Å². The van der Waals surface area contributed by atoms with Gasteiger partial charge in [0.2, 0.25) is 6.79 Å². The molecule has 2 N–H and O–H groups in total. The summed E-state index contributed by atoms with van der Waals surface area (Å²) >= 11 is 0. The number of esters is 1. The van der Waals surface area contributed by atoms with E-state index in [2.05, 4.69) is 23.1 Å². The molecule has 186 valence electrons. The Bertz CT molecular complexity index is 1010. The maximum absolute atomic E-state index is 13.3. The fraction of sp³-hybridized carbons (Fsp3) is 0.667. The molecule has 7 heteroatoms. The third kappa shape index (κ3) is 4.01. The number of hydrogen-bond donors (Lipinski definition) is 2. The van der Waals surface area contributed by atoms with Gasteiger partial charge in [0.25, 0.3) is 0 Å². The summed E-state index contributed by atoms with van der Waals surface area (Å²) in [6.45, 7) is 9.21. The summed E-state index contributed by atoms with van der Waals surface area (Å²) in [6, 6.07) is 4.17. The number of fused-ring (bicyclic) bond motifs is 3. The molecular weight excluding hydrogens is 434 g/mol. The van der Waals surface area contributed by atoms with Crippen molar-refractivity contribution >= 4 is 5.97 Å². The van der Waals surface area contributed by atoms with Crippen molar-refractivity contribution < 1.29 is 29.2 Å². The van der Waals surface area contributed by atoms with E-state index in [0.29, 0.717) is 12.8 Å². The third-order valence-electron chi connectivity index (χ3n) is 8.11. The molecule has 1 saturated heterocycles. The Morgan fingerprint density at radius 3 is 2.65 bits per heavy atom. The van der Waals surface area contributed by atoms with Gasteiger partial charge in [-0.3, -0.25) is 4.90 Å². The number of benzene rings is 1. The highest BCUT2D eigenvalue weighted by molar-refractivity contribution is 5.79. The van der Waals surface area contributed by atoms with Crippen LogP contribution in [0.15, 0.2) is 23.8 Å². The number of aliphatic hydroxyl groups is 2. The van der Waals surface area contributed by atoms with Crippen LogP contribution >= 0.6 is 0 Å². The van der Waals surface area contributed by atoms with Crippen molar-refractivity contribution in [1.29, 1.82) is 0 Å². The predicted molar refractivity (Wildman–Crippen MR) is 127 cm³/mol. The summed E-state index contributed by atoms with van der Waals surface area (Å²) in [6.07, 6.45) is 6.15. The molecule has 1 aliphatic carbocycles. The second kappa shape index (κ2) is 8.25. The van der Waals surface area contributed by atoms with Crippen molar-refractivity contribution in [3.05, 3.63) is 34.9 Å². The highest BCUT2D eigenvalue weighted by Gasteiger charge is 2.57. The smallest absolute Gasteiger partial charge is 0.338 e. The van der Waals surface area contributed by atoms with Crippen LogP contribution in [0, 0.1) is 0 Å². The van der Waals surface area contributed by atoms with E-state index in [4.69, 9.17) is 14.2 Å². The molecule has 3 aliphatic heterocycles. The molecule has 1 spiro atoms. The molecule has 7 nitrogen and oxygen atoms in total. The number of carbonyl (C=O) groups excluding carboxylic acids is 1. The second-order valence-corrected chi connectivity index (χ2v) is 11.4. The summed E-state index contributed by atoms with van der Waals surface area (Å²) in [5.74, 6) is 0.863. The molecule has 4 atom stereocenters. The number of ether oxygens (including phenoxy) is 3. The average Bonchev–Trinajstić information content (AvgIpc) is 3.41. The van der Waals surface area contributed by atoms with E-state index in [1.807, 2.05) is 6.92 Å². The van der Waals surface area contributed by atoms with Crippen LogP contribution in [-0.2, 0) is 16.0 Å². The fourth-order valence-corrected chi connectivity index (χ4v) is 6.41. The molecule has 0 aromatic heterocycles. The normalized spacial score (nSPS) is 29.5. The number of carbonyl (C=O) groups is 1. The first-order chi connectivity index (χ1) is 16.0. The van der Waals surface area contributed by atoms with E-state index in [-0.39, 0.29) is 24.7 Å². The summed E-state index contributed by atoms with van der Waals surface area (Å²) in [5, 5.41) is 21.0. The van der Waals surface area contributed by atoms with Gasteiger partial charge in [-0.05, 0) is 102 Å². The van der Waals surface area contributed by atoms with Crippen LogP contribution in [-0.4, -0.2) is 63.8 Å². The van der Waals surface area contributed by atoms with Gasteiger partial charge in [0.05, 0.1) is 11.1 Å². The zero-order valence-electron chi connectivity index (χ0n) is 20.7. The van der Waals surface area contributed by atoms with Crippen molar-refractivity contribution in [2.45, 2.75) is 95.0 Å². The van der Waals surface area contributed by atoms with Crippen LogP contribution in [0.2, 0.25) is 0 Å². The molecule has 0 amide bonds. The molecule has 3 unspecified atom stereocenters. The first-order valence-corrected chi connectivity index (χ1v) is 12.5. The summed E-state index contributed by atoms with van der Waals surface area (Å²) in [5.41, 5.74) is 0.757. The van der Waals surface area contributed by atoms with Gasteiger partial charge in [-0.1, -0.05) is 6.08 Å². The monoisotopic (exact) mass is 471 g/mol. The lowest BCUT2D eigenvalue weighted by Crippen LogP contribution is -2.48. The van der Waals surface area contributed by atoms with E-state index < -0.39 is 23.3 Å². The van der Waals surface area contributed by atoms with Crippen molar-refractivity contribution in [3.8, 4) is 11.5 Å². The maximum Gasteiger partial charge on any atom is 0.338 e. The van der Waals surface area contributed by atoms with Crippen molar-refractivity contribution in [1.82, 2.24) is 4.90 Å². The van der Waals surface area contributed by atoms with Gasteiger partial charge in [0, 0.05) is 12.5 Å². The van der Waals surface area contributed by atoms with Crippen LogP contribution < -0.4 is 9.47 Å². The first kappa shape index (κ1) is 23.6. The van der Waals surface area contributed by atoms with E-state index >= 15 is 0 Å². The lowest BCUT2D eigenvalue weighted by molar-refractivity contribution is -0.170. The second-order valence-electron chi connectivity index (χ2n) is 11.4. The minimum Gasteiger partial charge on any atom is -0.455 e. The van der Waals surface area contributed by atoms with Gasteiger partial charge >= 0.3 is 5.97 Å². The topological polar surface area (TPSA) is 88.5 Å². The standard InChI is InChI=1S/C27H37NO6/c1-17-15-27-10-6-11-28(27)12-7-18-13-20-21(33-16-32-20)14-19(18)22(27)23(17)34-24(29)26(4,31)9-5-8-25(2,3)30/h13-15,22-23,30-31H,5-12,16H2,1-4H3/t22-,23?,26?,27?/m1/s1. The number of nitrogens with zero attached hydrogens (tertiary/aromatic N) is 1. The molecule has 5 rings (SSSR count). The van der Waals surface area contributed by atoms with E-state index in [0.717, 1.165) is 55.0 Å². The molecule has 0 bridgehead atoms. The predicted octanol–water partition coefficient (Wildman–Crippen LogP) is 3.45. The molecule has 1 aromatic carbocycles. The maximum atomic E-state index is 13.3. The minimum atomic E-state index is -1.61. The van der Waals surface area contributed by atoms with Gasteiger partial charge in [-0.15, -0.1) is 0 Å². The zero-order chi connectivity index (χ0) is 24.3. The van der Waals surface area contributed by atoms with Gasteiger partial charge < -0.3 is 24.4 Å². The Balaban J connectivity index is 1.45. The molecule has 0 saturated carbocycles. The first-order valence-electron chi connectivity index (χ1n) is 12.5. The van der Waals surface area contributed by atoms with Crippen LogP contribution in [0.25, 0.3) is 0 Å². The Morgan fingerprint density at radius 1 is 1.18 bits per heavy atom. The van der Waals surface area contributed by atoms with E-state index in [9.17, 15) is 15.0 Å². The minimum absolute atomic E-state index is 0.0573. The molecule has 1 aromatic rings.